The van der Waals surface area contributed by atoms with Crippen molar-refractivity contribution in [2.45, 2.75) is 25.0 Å². The van der Waals surface area contributed by atoms with E-state index in [1.807, 2.05) is 0 Å². The summed E-state index contributed by atoms with van der Waals surface area (Å²) in [6, 6.07) is -0.905. The van der Waals surface area contributed by atoms with Crippen molar-refractivity contribution in [2.24, 2.45) is 11.0 Å². The molecule has 0 saturated carbocycles. The zero-order valence-electron chi connectivity index (χ0n) is 11.8. The Morgan fingerprint density at radius 1 is 1.67 bits per heavy atom. The molecule has 1 aliphatic rings. The summed E-state index contributed by atoms with van der Waals surface area (Å²) in [7, 11) is -2.49. The largest absolute Gasteiger partial charge is 0.466 e. The van der Waals surface area contributed by atoms with E-state index in [-0.39, 0.29) is 12.3 Å². The minimum atomic E-state index is -3.73. The van der Waals surface area contributed by atoms with Gasteiger partial charge in [0.2, 0.25) is 0 Å². The third-order valence-electron chi connectivity index (χ3n) is 3.04. The Balaban J connectivity index is 3.22. The number of carbonyl (C=O) groups is 1. The van der Waals surface area contributed by atoms with E-state index in [9.17, 15) is 13.2 Å². The predicted molar refractivity (Wildman–Crippen MR) is 75.7 cm³/mol. The number of rotatable bonds is 6. The zero-order valence-corrected chi connectivity index (χ0v) is 12.6. The van der Waals surface area contributed by atoms with E-state index in [4.69, 9.17) is 9.71 Å². The Morgan fingerprint density at radius 3 is 2.81 bits per heavy atom. The lowest BCUT2D eigenvalue weighted by molar-refractivity contribution is -0.136. The first-order chi connectivity index (χ1) is 9.82. The monoisotopic (exact) mass is 315 g/mol. The maximum atomic E-state index is 11.6. The fraction of sp³-hybridized carbons (Fsp3) is 0.583. The van der Waals surface area contributed by atoms with Crippen LogP contribution in [0.25, 0.3) is 10.4 Å². The molecule has 0 saturated heterocycles. The highest BCUT2D eigenvalue weighted by atomic mass is 32.2. The number of hydrogen-bond acceptors (Lipinski definition) is 6. The smallest absolute Gasteiger partial charge is 0.333 e. The van der Waals surface area contributed by atoms with Crippen molar-refractivity contribution in [3.8, 4) is 0 Å². The molecular formula is C12H17N3O5S. The van der Waals surface area contributed by atoms with Crippen molar-refractivity contribution in [3.05, 3.63) is 34.7 Å². The normalized spacial score (nSPS) is 25.4. The Bertz CT molecular complexity index is 592. The number of nitrogens with zero attached hydrogens (tertiary/aromatic N) is 3. The van der Waals surface area contributed by atoms with Crippen LogP contribution in [0.5, 0.6) is 0 Å². The fourth-order valence-electron chi connectivity index (χ4n) is 2.26. The van der Waals surface area contributed by atoms with E-state index in [1.54, 1.807) is 6.08 Å². The quantitative estimate of drug-likeness (QED) is 0.184. The van der Waals surface area contributed by atoms with Crippen molar-refractivity contribution < 1.29 is 22.1 Å². The second-order valence-corrected chi connectivity index (χ2v) is 6.23. The van der Waals surface area contributed by atoms with E-state index in [2.05, 4.69) is 21.3 Å². The van der Waals surface area contributed by atoms with Gasteiger partial charge in [-0.05, 0) is 24.3 Å². The van der Waals surface area contributed by atoms with Gasteiger partial charge < -0.3 is 4.74 Å². The van der Waals surface area contributed by atoms with E-state index in [0.29, 0.717) is 12.0 Å². The molecule has 8 nitrogen and oxygen atoms in total. The average Bonchev–Trinajstić information content (AvgIpc) is 2.40. The summed E-state index contributed by atoms with van der Waals surface area (Å²) < 4.78 is 32.4. The standard InChI is InChI=1S/C12H17N3O5S/c1-4-5-8-6-9(12(16)19-2)7-10(14-15-13)11(8)20-21(3,17)18/h4,7-8,10-11H,1,5-6H2,2-3H3/t8-,10-,11-/m0/s1. The van der Waals surface area contributed by atoms with E-state index in [0.717, 1.165) is 6.26 Å². The summed E-state index contributed by atoms with van der Waals surface area (Å²) in [5.74, 6) is -0.896. The molecule has 0 amide bonds. The molecule has 0 aliphatic heterocycles. The Labute approximate surface area is 123 Å². The van der Waals surface area contributed by atoms with Crippen molar-refractivity contribution in [2.75, 3.05) is 13.4 Å². The van der Waals surface area contributed by atoms with Crippen molar-refractivity contribution in [1.29, 1.82) is 0 Å². The lowest BCUT2D eigenvalue weighted by Gasteiger charge is -2.33. The highest BCUT2D eigenvalue weighted by Gasteiger charge is 2.37. The van der Waals surface area contributed by atoms with Crippen LogP contribution in [-0.4, -0.2) is 39.9 Å². The first-order valence-corrected chi connectivity index (χ1v) is 7.96. The molecule has 1 rings (SSSR count). The SMILES string of the molecule is C=CC[C@H]1CC(C(=O)OC)=C[C@H](N=[N+]=[N-])[C@H]1OS(C)(=O)=O. The molecule has 1 aliphatic carbocycles. The minimum Gasteiger partial charge on any atom is -0.466 e. The van der Waals surface area contributed by atoms with E-state index < -0.39 is 28.2 Å². The molecule has 0 aromatic rings. The first kappa shape index (κ1) is 17.2. The molecule has 3 atom stereocenters. The fourth-order valence-corrected chi connectivity index (χ4v) is 2.93. The average molecular weight is 315 g/mol. The third kappa shape index (κ3) is 4.89. The molecule has 0 bridgehead atoms. The van der Waals surface area contributed by atoms with Gasteiger partial charge in [0.25, 0.3) is 10.1 Å². The van der Waals surface area contributed by atoms with Crippen LogP contribution in [-0.2, 0) is 23.8 Å². The van der Waals surface area contributed by atoms with Gasteiger partial charge in [-0.2, -0.15) is 8.42 Å². The molecule has 0 spiro atoms. The molecule has 0 aromatic carbocycles. The summed E-state index contributed by atoms with van der Waals surface area (Å²) >= 11 is 0. The van der Waals surface area contributed by atoms with Gasteiger partial charge in [0.1, 0.15) is 0 Å². The van der Waals surface area contributed by atoms with E-state index in [1.165, 1.54) is 13.2 Å². The number of carbonyl (C=O) groups excluding carboxylic acids is 1. The molecule has 9 heteroatoms. The Kier molecular flexibility index (Phi) is 5.95. The van der Waals surface area contributed by atoms with Crippen LogP contribution in [0.4, 0.5) is 0 Å². The number of hydrogen-bond donors (Lipinski definition) is 0. The Hall–Kier alpha value is -1.83. The van der Waals surface area contributed by atoms with Gasteiger partial charge in [0.15, 0.2) is 0 Å². The molecule has 0 unspecified atom stereocenters. The summed E-state index contributed by atoms with van der Waals surface area (Å²) in [5.41, 5.74) is 8.95. The number of methoxy groups -OCH3 is 1. The van der Waals surface area contributed by atoms with Crippen LogP contribution in [0.2, 0.25) is 0 Å². The molecule has 0 N–H and O–H groups in total. The van der Waals surface area contributed by atoms with Gasteiger partial charge >= 0.3 is 5.97 Å². The molecule has 0 aromatic heterocycles. The number of allylic oxidation sites excluding steroid dienone is 1. The summed E-state index contributed by atoms with van der Waals surface area (Å²) in [6.45, 7) is 3.60. The van der Waals surface area contributed by atoms with Gasteiger partial charge in [-0.1, -0.05) is 17.3 Å². The second-order valence-electron chi connectivity index (χ2n) is 4.63. The predicted octanol–water partition coefficient (Wildman–Crippen LogP) is 1.71. The van der Waals surface area contributed by atoms with Crippen LogP contribution in [0, 0.1) is 5.92 Å². The molecule has 0 fully saturated rings. The lowest BCUT2D eigenvalue weighted by atomic mass is 9.82. The minimum absolute atomic E-state index is 0.260. The van der Waals surface area contributed by atoms with Crippen LogP contribution in [0.3, 0.4) is 0 Å². The van der Waals surface area contributed by atoms with Crippen molar-refractivity contribution in [3.63, 3.8) is 0 Å². The molecule has 0 heterocycles. The van der Waals surface area contributed by atoms with Crippen LogP contribution < -0.4 is 0 Å². The number of ether oxygens (including phenoxy) is 1. The number of esters is 1. The van der Waals surface area contributed by atoms with Gasteiger partial charge in [-0.15, -0.1) is 6.58 Å². The lowest BCUT2D eigenvalue weighted by Crippen LogP contribution is -2.39. The maximum Gasteiger partial charge on any atom is 0.333 e. The highest BCUT2D eigenvalue weighted by Crippen LogP contribution is 2.33. The van der Waals surface area contributed by atoms with Gasteiger partial charge in [-0.3, -0.25) is 4.18 Å². The maximum absolute atomic E-state index is 11.6. The zero-order chi connectivity index (χ0) is 16.0. The molecule has 21 heavy (non-hydrogen) atoms. The molecular weight excluding hydrogens is 298 g/mol. The number of azide groups is 1. The van der Waals surface area contributed by atoms with Crippen LogP contribution in [0.1, 0.15) is 12.8 Å². The molecule has 0 radical (unpaired) electrons. The van der Waals surface area contributed by atoms with Crippen molar-refractivity contribution in [1.82, 2.24) is 0 Å². The summed E-state index contributed by atoms with van der Waals surface area (Å²) in [4.78, 5) is 14.3. The van der Waals surface area contributed by atoms with Crippen LogP contribution in [0.15, 0.2) is 29.4 Å². The topological polar surface area (TPSA) is 118 Å². The summed E-state index contributed by atoms with van der Waals surface area (Å²) in [5, 5.41) is 3.52. The van der Waals surface area contributed by atoms with Gasteiger partial charge in [-0.25, -0.2) is 4.79 Å². The van der Waals surface area contributed by atoms with Gasteiger partial charge in [0.05, 0.1) is 25.5 Å². The highest BCUT2D eigenvalue weighted by molar-refractivity contribution is 7.86. The Morgan fingerprint density at radius 2 is 2.33 bits per heavy atom. The third-order valence-corrected chi connectivity index (χ3v) is 3.61. The second kappa shape index (κ2) is 7.26. The van der Waals surface area contributed by atoms with E-state index >= 15 is 0 Å². The summed E-state index contributed by atoms with van der Waals surface area (Å²) in [6.07, 6.45) is 3.70. The first-order valence-electron chi connectivity index (χ1n) is 6.14. The van der Waals surface area contributed by atoms with Crippen LogP contribution >= 0.6 is 0 Å². The van der Waals surface area contributed by atoms with Crippen molar-refractivity contribution >= 4 is 16.1 Å². The molecule has 116 valence electrons. The van der Waals surface area contributed by atoms with Gasteiger partial charge in [0, 0.05) is 10.5 Å².